The van der Waals surface area contributed by atoms with Gasteiger partial charge in [-0.3, -0.25) is 0 Å². The van der Waals surface area contributed by atoms with Crippen LogP contribution in [0.2, 0.25) is 0 Å². The summed E-state index contributed by atoms with van der Waals surface area (Å²) in [4.78, 5) is 1.16. The molecule has 146 valence electrons. The SMILES string of the molecule is C=C(C)SN(C)CCC1(CCC)C2=C(CCc3ccccc31)CC(C)C=C2. The molecule has 1 nitrogen and oxygen atoms in total. The zero-order valence-electron chi connectivity index (χ0n) is 17.6. The van der Waals surface area contributed by atoms with E-state index in [-0.39, 0.29) is 5.41 Å². The summed E-state index contributed by atoms with van der Waals surface area (Å²) in [6.07, 6.45) is 12.2. The van der Waals surface area contributed by atoms with Gasteiger partial charge in [0.05, 0.1) is 0 Å². The summed E-state index contributed by atoms with van der Waals surface area (Å²) >= 11 is 1.78. The molecular weight excluding hydrogens is 346 g/mol. The Morgan fingerprint density at radius 3 is 2.78 bits per heavy atom. The fourth-order valence-corrected chi connectivity index (χ4v) is 5.78. The lowest BCUT2D eigenvalue weighted by Gasteiger charge is -2.40. The molecule has 2 atom stereocenters. The van der Waals surface area contributed by atoms with E-state index in [1.54, 1.807) is 34.2 Å². The molecule has 0 saturated carbocycles. The third-order valence-electron chi connectivity index (χ3n) is 6.13. The van der Waals surface area contributed by atoms with Gasteiger partial charge in [0.2, 0.25) is 0 Å². The molecule has 0 aliphatic heterocycles. The molecule has 0 radical (unpaired) electrons. The molecule has 2 heteroatoms. The average molecular weight is 382 g/mol. The van der Waals surface area contributed by atoms with E-state index in [0.717, 1.165) is 11.4 Å². The van der Waals surface area contributed by atoms with Crippen LogP contribution >= 0.6 is 11.9 Å². The van der Waals surface area contributed by atoms with Gasteiger partial charge in [0.25, 0.3) is 0 Å². The first-order chi connectivity index (χ1) is 13.0. The van der Waals surface area contributed by atoms with Crippen molar-refractivity contribution in [2.45, 2.75) is 64.7 Å². The Morgan fingerprint density at radius 2 is 2.04 bits per heavy atom. The molecule has 2 unspecified atom stereocenters. The number of rotatable bonds is 7. The Balaban J connectivity index is 2.05. The highest BCUT2D eigenvalue weighted by Crippen LogP contribution is 2.49. The predicted molar refractivity (Wildman–Crippen MR) is 121 cm³/mol. The summed E-state index contributed by atoms with van der Waals surface area (Å²) in [5.41, 5.74) is 6.66. The van der Waals surface area contributed by atoms with Gasteiger partial charge in [-0.25, -0.2) is 4.31 Å². The maximum absolute atomic E-state index is 4.07. The molecule has 0 aromatic heterocycles. The van der Waals surface area contributed by atoms with Gasteiger partial charge < -0.3 is 0 Å². The van der Waals surface area contributed by atoms with Crippen molar-refractivity contribution in [3.63, 3.8) is 0 Å². The van der Waals surface area contributed by atoms with Crippen molar-refractivity contribution in [2.75, 3.05) is 13.6 Å². The van der Waals surface area contributed by atoms with Gasteiger partial charge in [-0.1, -0.05) is 68.8 Å². The summed E-state index contributed by atoms with van der Waals surface area (Å²) in [6.45, 7) is 11.9. The van der Waals surface area contributed by atoms with Crippen LogP contribution in [-0.4, -0.2) is 17.9 Å². The number of fused-ring (bicyclic) bond motifs is 1. The summed E-state index contributed by atoms with van der Waals surface area (Å²) in [6, 6.07) is 9.26. The van der Waals surface area contributed by atoms with Gasteiger partial charge in [0, 0.05) is 12.0 Å². The molecule has 0 N–H and O–H groups in total. The highest BCUT2D eigenvalue weighted by molar-refractivity contribution is 8.00. The summed E-state index contributed by atoms with van der Waals surface area (Å²) < 4.78 is 2.36. The lowest BCUT2D eigenvalue weighted by atomic mass is 9.65. The van der Waals surface area contributed by atoms with Crippen LogP contribution < -0.4 is 0 Å². The van der Waals surface area contributed by atoms with Crippen molar-refractivity contribution >= 4 is 11.9 Å². The van der Waals surface area contributed by atoms with E-state index in [1.807, 2.05) is 0 Å². The molecule has 0 saturated heterocycles. The highest BCUT2D eigenvalue weighted by atomic mass is 32.2. The fourth-order valence-electron chi connectivity index (χ4n) is 5.07. The molecule has 0 fully saturated rings. The molecule has 0 heterocycles. The van der Waals surface area contributed by atoms with Crippen LogP contribution in [0.15, 0.2) is 59.0 Å². The molecule has 3 rings (SSSR count). The van der Waals surface area contributed by atoms with Crippen LogP contribution in [0.3, 0.4) is 0 Å². The van der Waals surface area contributed by atoms with Crippen LogP contribution in [0.4, 0.5) is 0 Å². The second-order valence-electron chi connectivity index (χ2n) is 8.44. The standard InChI is InChI=1S/C25H35NS/c1-6-15-25(16-17-26(5)27-19(2)3)23-10-8-7-9-21(23)12-13-22-18-20(4)11-14-24(22)25/h7-11,14,20H,2,6,12-13,15-18H2,1,3-5H3. The molecule has 2 aliphatic rings. The minimum absolute atomic E-state index is 0.151. The quantitative estimate of drug-likeness (QED) is 0.465. The van der Waals surface area contributed by atoms with Crippen LogP contribution in [0, 0.1) is 5.92 Å². The van der Waals surface area contributed by atoms with Crippen molar-refractivity contribution in [2.24, 2.45) is 5.92 Å². The van der Waals surface area contributed by atoms with Crippen LogP contribution in [0.5, 0.6) is 0 Å². The Labute approximate surface area is 170 Å². The number of benzene rings is 1. The zero-order chi connectivity index (χ0) is 19.4. The Hall–Kier alpha value is -1.25. The third kappa shape index (κ3) is 4.43. The molecule has 0 amide bonds. The number of hydrogen-bond acceptors (Lipinski definition) is 2. The number of hydrogen-bond donors (Lipinski definition) is 0. The topological polar surface area (TPSA) is 3.24 Å². The molecule has 0 bridgehead atoms. The normalized spacial score (nSPS) is 24.6. The van der Waals surface area contributed by atoms with E-state index in [0.29, 0.717) is 5.92 Å². The van der Waals surface area contributed by atoms with Gasteiger partial charge in [-0.2, -0.15) is 0 Å². The van der Waals surface area contributed by atoms with E-state index in [1.165, 1.54) is 38.5 Å². The lowest BCUT2D eigenvalue weighted by molar-refractivity contribution is 0.382. The lowest BCUT2D eigenvalue weighted by Crippen LogP contribution is -2.33. The summed E-state index contributed by atoms with van der Waals surface area (Å²) in [5.74, 6) is 0.672. The van der Waals surface area contributed by atoms with Gasteiger partial charge in [-0.05, 0) is 85.5 Å². The minimum atomic E-state index is 0.151. The smallest absolute Gasteiger partial charge is 0.0217 e. The van der Waals surface area contributed by atoms with E-state index in [4.69, 9.17) is 0 Å². The van der Waals surface area contributed by atoms with Crippen LogP contribution in [0.1, 0.15) is 64.0 Å². The first-order valence-corrected chi connectivity index (χ1v) is 11.3. The van der Waals surface area contributed by atoms with E-state index >= 15 is 0 Å². The summed E-state index contributed by atoms with van der Waals surface area (Å²) in [5, 5.41) is 0. The van der Waals surface area contributed by atoms with E-state index < -0.39 is 0 Å². The summed E-state index contributed by atoms with van der Waals surface area (Å²) in [7, 11) is 2.20. The fraction of sp³-hybridized carbons (Fsp3) is 0.520. The predicted octanol–water partition coefficient (Wildman–Crippen LogP) is 7.07. The minimum Gasteiger partial charge on any atom is -0.250 e. The second kappa shape index (κ2) is 8.84. The van der Waals surface area contributed by atoms with Gasteiger partial charge in [0.1, 0.15) is 0 Å². The van der Waals surface area contributed by atoms with E-state index in [2.05, 4.69) is 75.1 Å². The van der Waals surface area contributed by atoms with Crippen LogP contribution in [-0.2, 0) is 11.8 Å². The van der Waals surface area contributed by atoms with Crippen molar-refractivity contribution in [3.05, 3.63) is 70.2 Å². The molecular formula is C25H35NS. The number of aryl methyl sites for hydroxylation is 1. The van der Waals surface area contributed by atoms with Crippen molar-refractivity contribution < 1.29 is 0 Å². The van der Waals surface area contributed by atoms with E-state index in [9.17, 15) is 0 Å². The van der Waals surface area contributed by atoms with Gasteiger partial charge in [0.15, 0.2) is 0 Å². The Morgan fingerprint density at radius 1 is 1.26 bits per heavy atom. The van der Waals surface area contributed by atoms with Crippen molar-refractivity contribution in [1.82, 2.24) is 4.31 Å². The monoisotopic (exact) mass is 381 g/mol. The second-order valence-corrected chi connectivity index (χ2v) is 9.94. The van der Waals surface area contributed by atoms with Gasteiger partial charge in [-0.15, -0.1) is 0 Å². The molecule has 0 spiro atoms. The number of allylic oxidation sites excluding steroid dienone is 5. The van der Waals surface area contributed by atoms with Gasteiger partial charge >= 0.3 is 0 Å². The molecule has 1 aromatic rings. The van der Waals surface area contributed by atoms with Crippen LogP contribution in [0.25, 0.3) is 0 Å². The third-order valence-corrected chi connectivity index (χ3v) is 6.93. The Bertz CT molecular complexity index is 744. The first kappa shape index (κ1) is 20.5. The molecule has 2 aliphatic carbocycles. The first-order valence-electron chi connectivity index (χ1n) is 10.5. The molecule has 27 heavy (non-hydrogen) atoms. The maximum Gasteiger partial charge on any atom is 0.0217 e. The highest BCUT2D eigenvalue weighted by Gasteiger charge is 2.39. The zero-order valence-corrected chi connectivity index (χ0v) is 18.4. The average Bonchev–Trinajstić information content (AvgIpc) is 2.76. The molecule has 1 aromatic carbocycles. The van der Waals surface area contributed by atoms with Crippen molar-refractivity contribution in [1.29, 1.82) is 0 Å². The van der Waals surface area contributed by atoms with Crippen molar-refractivity contribution in [3.8, 4) is 0 Å². The Kier molecular flexibility index (Phi) is 6.70. The maximum atomic E-state index is 4.07. The number of nitrogens with zero attached hydrogens (tertiary/aromatic N) is 1. The largest absolute Gasteiger partial charge is 0.250 e.